The number of nitrogens with two attached hydrogens (primary N) is 1. The van der Waals surface area contributed by atoms with Crippen LogP contribution in [0.15, 0.2) is 146 Å². The molecule has 0 aliphatic carbocycles. The molecule has 0 saturated heterocycles. The van der Waals surface area contributed by atoms with E-state index in [4.69, 9.17) is 24.5 Å². The van der Waals surface area contributed by atoms with Gasteiger partial charge < -0.3 is 36.0 Å². The van der Waals surface area contributed by atoms with Crippen molar-refractivity contribution in [3.63, 3.8) is 0 Å². The van der Waals surface area contributed by atoms with Crippen LogP contribution in [0.1, 0.15) is 55.3 Å². The third kappa shape index (κ3) is 11.7. The van der Waals surface area contributed by atoms with E-state index in [1.165, 1.54) is 0 Å². The van der Waals surface area contributed by atoms with Crippen molar-refractivity contribution in [2.75, 3.05) is 6.61 Å². The summed E-state index contributed by atoms with van der Waals surface area (Å²) in [7, 11) is 0. The van der Waals surface area contributed by atoms with E-state index < -0.39 is 5.97 Å². The molecule has 14 heteroatoms. The van der Waals surface area contributed by atoms with Crippen molar-refractivity contribution in [1.29, 1.82) is 0 Å². The van der Waals surface area contributed by atoms with Crippen LogP contribution in [0.25, 0.3) is 61.7 Å². The zero-order valence-corrected chi connectivity index (χ0v) is 37.5. The maximum atomic E-state index is 11.9. The van der Waals surface area contributed by atoms with Crippen LogP contribution in [0.4, 0.5) is 0 Å². The van der Waals surface area contributed by atoms with Crippen LogP contribution in [-0.2, 0) is 4.74 Å². The Morgan fingerprint density at radius 1 is 0.597 bits per heavy atom. The Labute approximate surface area is 382 Å². The number of benzene rings is 4. The molecule has 4 N–H and O–H groups in total. The van der Waals surface area contributed by atoms with Crippen LogP contribution in [0, 0.1) is 0 Å². The summed E-state index contributed by atoms with van der Waals surface area (Å²) in [6.07, 6.45) is 8.06. The van der Waals surface area contributed by atoms with Crippen LogP contribution < -0.4 is 44.9 Å². The molecular formula is C48H47N6NaO7. The molecule has 4 heterocycles. The quantitative estimate of drug-likeness (QED) is 0.0514. The van der Waals surface area contributed by atoms with Gasteiger partial charge in [-0.05, 0) is 130 Å². The average Bonchev–Trinajstić information content (AvgIpc) is 3.89. The Kier molecular flexibility index (Phi) is 16.6. The number of hydrogen-bond acceptors (Lipinski definition) is 9. The average molecular weight is 843 g/mol. The van der Waals surface area contributed by atoms with Crippen molar-refractivity contribution in [3.8, 4) is 56.3 Å². The number of pyridine rings is 2. The van der Waals surface area contributed by atoms with Gasteiger partial charge >= 0.3 is 41.5 Å². The summed E-state index contributed by atoms with van der Waals surface area (Å²) in [6.45, 7) is 10.2. The van der Waals surface area contributed by atoms with Gasteiger partial charge in [-0.3, -0.25) is 8.80 Å². The first-order valence-electron chi connectivity index (χ1n) is 19.6. The van der Waals surface area contributed by atoms with Gasteiger partial charge in [-0.2, -0.15) is 0 Å². The first-order chi connectivity index (χ1) is 29.5. The second-order valence-corrected chi connectivity index (χ2v) is 14.3. The Balaban J connectivity index is 0.000000217. The molecule has 4 aromatic carbocycles. The number of carboxylic acids is 1. The number of hydrogen-bond donors (Lipinski definition) is 3. The summed E-state index contributed by atoms with van der Waals surface area (Å²) in [4.78, 5) is 31.9. The van der Waals surface area contributed by atoms with Crippen molar-refractivity contribution in [2.24, 2.45) is 5.84 Å². The number of carbonyl (C=O) groups excluding carboxylic acids is 1. The van der Waals surface area contributed by atoms with Crippen molar-refractivity contribution in [3.05, 3.63) is 163 Å². The first-order valence-corrected chi connectivity index (χ1v) is 19.6. The Morgan fingerprint density at radius 3 is 1.31 bits per heavy atom. The van der Waals surface area contributed by atoms with Gasteiger partial charge in [0.15, 0.2) is 0 Å². The summed E-state index contributed by atoms with van der Waals surface area (Å²) in [5.41, 5.74) is 12.6. The van der Waals surface area contributed by atoms with Gasteiger partial charge in [-0.15, -0.1) is 0 Å². The third-order valence-electron chi connectivity index (χ3n) is 9.25. The van der Waals surface area contributed by atoms with E-state index in [0.717, 1.165) is 67.6 Å². The fourth-order valence-corrected chi connectivity index (χ4v) is 6.50. The summed E-state index contributed by atoms with van der Waals surface area (Å²) < 4.78 is 20.6. The standard InChI is InChI=1S/C25H24N2O3.C23H20N2O3.H3N2O.Na/c1-4-29-25(28)20-7-5-19(6-8-20)23-15-26-24-14-11-21(16-27(23)24)18-9-12-22(13-10-18)30-17(2)3;1-15(2)28-20-10-7-16(8-11-20)19-9-12-22-24-13-21(25(22)14-19)17-3-5-18(6-4-17)23(26)27;1-2-3;/h5-17H,4H2,1-3H3;3-15H,1-2H3,(H,26,27);3H,1H2;/q;;-1;+1. The van der Waals surface area contributed by atoms with Crippen LogP contribution in [0.2, 0.25) is 0 Å². The Hall–Kier alpha value is -6.32. The van der Waals surface area contributed by atoms with Gasteiger partial charge in [0.1, 0.15) is 22.8 Å². The van der Waals surface area contributed by atoms with E-state index in [-0.39, 0.29) is 53.3 Å². The van der Waals surface area contributed by atoms with Crippen LogP contribution in [-0.4, -0.2) is 59.8 Å². The van der Waals surface area contributed by atoms with E-state index in [0.29, 0.717) is 12.2 Å². The SMILES string of the molecule is CC(C)Oc1ccc(-c2ccc3ncc(-c4ccc(C(=O)O)cc4)n3c2)cc1.CCOC(=O)c1ccc(-c2cnc3ccc(-c4ccc(OC(C)C)cc4)cn23)cc1.N[N-]O.[Na+]. The zero-order chi connectivity index (χ0) is 43.5. The maximum absolute atomic E-state index is 11.9. The smallest absolute Gasteiger partial charge is 0.491 e. The topological polar surface area (TPSA) is 177 Å². The predicted octanol–water partition coefficient (Wildman–Crippen LogP) is 7.41. The number of aromatic nitrogens is 4. The van der Waals surface area contributed by atoms with E-state index >= 15 is 0 Å². The fraction of sp³-hybridized carbons (Fsp3) is 0.167. The van der Waals surface area contributed by atoms with Gasteiger partial charge in [-0.1, -0.05) is 48.5 Å². The Morgan fingerprint density at radius 2 is 0.952 bits per heavy atom. The third-order valence-corrected chi connectivity index (χ3v) is 9.25. The molecule has 62 heavy (non-hydrogen) atoms. The van der Waals surface area contributed by atoms with Crippen molar-refractivity contribution in [2.45, 2.75) is 46.8 Å². The zero-order valence-electron chi connectivity index (χ0n) is 35.5. The monoisotopic (exact) mass is 842 g/mol. The van der Waals surface area contributed by atoms with Gasteiger partial charge in [0, 0.05) is 23.5 Å². The molecule has 0 saturated carbocycles. The maximum Gasteiger partial charge on any atom is 1.00 e. The summed E-state index contributed by atoms with van der Waals surface area (Å²) in [6, 6.07) is 38.4. The molecule has 8 rings (SSSR count). The minimum Gasteiger partial charge on any atom is -0.491 e. The predicted molar refractivity (Wildman–Crippen MR) is 236 cm³/mol. The summed E-state index contributed by atoms with van der Waals surface area (Å²) in [5.74, 6) is 4.49. The van der Waals surface area contributed by atoms with Gasteiger partial charge in [-0.25, -0.2) is 19.6 Å². The molecule has 0 fully saturated rings. The van der Waals surface area contributed by atoms with E-state index in [1.807, 2.05) is 117 Å². The van der Waals surface area contributed by atoms with Crippen LogP contribution >= 0.6 is 0 Å². The molecule has 13 nitrogen and oxygen atoms in total. The number of aromatic carboxylic acids is 1. The molecule has 0 atom stereocenters. The van der Waals surface area contributed by atoms with Crippen molar-refractivity contribution in [1.82, 2.24) is 18.8 Å². The van der Waals surface area contributed by atoms with Crippen LogP contribution in [0.3, 0.4) is 0 Å². The second-order valence-electron chi connectivity index (χ2n) is 14.3. The Bertz CT molecular complexity index is 2700. The number of fused-ring (bicyclic) bond motifs is 2. The molecule has 0 unspecified atom stereocenters. The minimum atomic E-state index is -0.933. The molecule has 312 valence electrons. The number of imidazole rings is 2. The van der Waals surface area contributed by atoms with E-state index in [2.05, 4.69) is 44.6 Å². The molecule has 0 bridgehead atoms. The summed E-state index contributed by atoms with van der Waals surface area (Å²) >= 11 is 0. The van der Waals surface area contributed by atoms with Crippen LogP contribution in [0.5, 0.6) is 11.5 Å². The van der Waals surface area contributed by atoms with Crippen molar-refractivity contribution >= 4 is 23.2 Å². The van der Waals surface area contributed by atoms with Gasteiger partial charge in [0.2, 0.25) is 0 Å². The number of carboxylic acid groups (broad SMARTS) is 1. The first kappa shape index (κ1) is 46.7. The molecule has 4 aromatic heterocycles. The number of rotatable bonds is 11. The minimum absolute atomic E-state index is 0. The van der Waals surface area contributed by atoms with Crippen molar-refractivity contribution < 1.29 is 63.7 Å². The molecular weight excluding hydrogens is 796 g/mol. The number of carbonyl (C=O) groups is 2. The molecule has 0 radical (unpaired) electrons. The molecule has 0 amide bonds. The van der Waals surface area contributed by atoms with E-state index in [1.54, 1.807) is 49.5 Å². The number of esters is 1. The molecule has 0 spiro atoms. The second kappa shape index (κ2) is 22.0. The molecule has 0 aliphatic heterocycles. The largest absolute Gasteiger partial charge is 1.00 e. The van der Waals surface area contributed by atoms with E-state index in [9.17, 15) is 9.59 Å². The number of nitrogens with zero attached hydrogens (tertiary/aromatic N) is 5. The van der Waals surface area contributed by atoms with Gasteiger partial charge in [0.25, 0.3) is 0 Å². The normalized spacial score (nSPS) is 10.7. The van der Waals surface area contributed by atoms with Gasteiger partial charge in [0.05, 0.1) is 53.7 Å². The fourth-order valence-electron chi connectivity index (χ4n) is 6.50. The molecule has 8 aromatic rings. The number of ether oxygens (including phenoxy) is 3. The molecule has 0 aliphatic rings. The summed E-state index contributed by atoms with van der Waals surface area (Å²) in [5, 5.41) is 16.1.